The average Bonchev–Trinajstić information content (AvgIpc) is 2.92. The fourth-order valence-electron chi connectivity index (χ4n) is 5.86. The maximum Gasteiger partial charge on any atom is 0.317 e. The highest BCUT2D eigenvalue weighted by Crippen LogP contribution is 2.33. The van der Waals surface area contributed by atoms with Crippen molar-refractivity contribution in [3.63, 3.8) is 0 Å². The molecule has 1 heterocycles. The van der Waals surface area contributed by atoms with Gasteiger partial charge in [-0.15, -0.1) is 0 Å². The second-order valence-corrected chi connectivity index (χ2v) is 10.8. The monoisotopic (exact) mass is 501 g/mol. The van der Waals surface area contributed by atoms with E-state index in [1.807, 2.05) is 11.0 Å². The Morgan fingerprint density at radius 1 is 1.06 bits per heavy atom. The fourth-order valence-corrected chi connectivity index (χ4v) is 5.86. The van der Waals surface area contributed by atoms with E-state index >= 15 is 0 Å². The summed E-state index contributed by atoms with van der Waals surface area (Å²) in [6.07, 6.45) is 13.1. The topological polar surface area (TPSA) is 62.8 Å². The van der Waals surface area contributed by atoms with E-state index in [0.29, 0.717) is 19.1 Å². The smallest absolute Gasteiger partial charge is 0.317 e. The predicted octanol–water partition coefficient (Wildman–Crippen LogP) is 5.93. The number of nitrogens with one attached hydrogen (secondary N) is 2. The zero-order chi connectivity index (χ0) is 25.4. The van der Waals surface area contributed by atoms with Gasteiger partial charge in [-0.3, -0.25) is 0 Å². The molecule has 6 heteroatoms. The second kappa shape index (κ2) is 17.0. The third kappa shape index (κ3) is 10.0. The summed E-state index contributed by atoms with van der Waals surface area (Å²) in [5.41, 5.74) is 1.21. The predicted molar refractivity (Wildman–Crippen MR) is 147 cm³/mol. The molecule has 0 spiro atoms. The number of benzene rings is 1. The van der Waals surface area contributed by atoms with Gasteiger partial charge in [0.2, 0.25) is 0 Å². The van der Waals surface area contributed by atoms with E-state index in [1.165, 1.54) is 50.5 Å². The first-order valence-electron chi connectivity index (χ1n) is 14.6. The number of likely N-dealkylation sites (tertiary alicyclic amines) is 1. The standard InChI is InChI=1S/C30H51N3O3/c1-3-4-18-31-23-28(22-25-13-7-5-8-14-25)32-30(34)33-19-11-17-27(24-33)29(36-21-12-20-35-2)26-15-9-6-10-16-26/h6,9-10,15-16,25,27-29,31H,3-5,7-8,11-14,17-24H2,1-2H3,(H,32,34). The number of piperidine rings is 1. The Morgan fingerprint density at radius 3 is 2.61 bits per heavy atom. The molecule has 1 saturated carbocycles. The minimum absolute atomic E-state index is 0.00685. The normalized spacial score (nSPS) is 20.7. The van der Waals surface area contributed by atoms with Crippen LogP contribution < -0.4 is 10.6 Å². The Bertz CT molecular complexity index is 711. The van der Waals surface area contributed by atoms with Gasteiger partial charge in [0.15, 0.2) is 0 Å². The lowest BCUT2D eigenvalue weighted by Gasteiger charge is -2.38. The van der Waals surface area contributed by atoms with Gasteiger partial charge in [-0.05, 0) is 50.1 Å². The number of rotatable bonds is 15. The van der Waals surface area contributed by atoms with Crippen LogP contribution in [0.1, 0.15) is 89.2 Å². The molecular formula is C30H51N3O3. The number of carbonyl (C=O) groups excluding carboxylic acids is 1. The molecule has 6 nitrogen and oxygen atoms in total. The number of amides is 2. The first-order chi connectivity index (χ1) is 17.7. The van der Waals surface area contributed by atoms with Crippen molar-refractivity contribution < 1.29 is 14.3 Å². The van der Waals surface area contributed by atoms with Crippen molar-refractivity contribution >= 4 is 6.03 Å². The van der Waals surface area contributed by atoms with Crippen LogP contribution in [0.2, 0.25) is 0 Å². The van der Waals surface area contributed by atoms with E-state index in [2.05, 4.69) is 41.8 Å². The van der Waals surface area contributed by atoms with Crippen molar-refractivity contribution in [1.82, 2.24) is 15.5 Å². The summed E-state index contributed by atoms with van der Waals surface area (Å²) in [4.78, 5) is 15.5. The summed E-state index contributed by atoms with van der Waals surface area (Å²) in [5.74, 6) is 1.04. The van der Waals surface area contributed by atoms with Gasteiger partial charge in [-0.2, -0.15) is 0 Å². The number of hydrogen-bond acceptors (Lipinski definition) is 4. The van der Waals surface area contributed by atoms with Crippen molar-refractivity contribution in [2.75, 3.05) is 46.5 Å². The van der Waals surface area contributed by atoms with Crippen LogP contribution in [-0.4, -0.2) is 63.5 Å². The van der Waals surface area contributed by atoms with Crippen LogP contribution in [0.25, 0.3) is 0 Å². The summed E-state index contributed by atoms with van der Waals surface area (Å²) in [6.45, 7) is 7.06. The Morgan fingerprint density at radius 2 is 1.86 bits per heavy atom. The molecule has 2 amide bonds. The highest BCUT2D eigenvalue weighted by Gasteiger charge is 2.32. The molecule has 2 fully saturated rings. The molecule has 3 rings (SSSR count). The lowest BCUT2D eigenvalue weighted by molar-refractivity contribution is -0.0168. The minimum Gasteiger partial charge on any atom is -0.385 e. The number of urea groups is 1. The van der Waals surface area contributed by atoms with E-state index in [0.717, 1.165) is 57.8 Å². The molecule has 0 bridgehead atoms. The third-order valence-corrected chi connectivity index (χ3v) is 7.86. The van der Waals surface area contributed by atoms with Gasteiger partial charge in [0.25, 0.3) is 0 Å². The number of ether oxygens (including phenoxy) is 2. The van der Waals surface area contributed by atoms with E-state index < -0.39 is 0 Å². The average molecular weight is 502 g/mol. The largest absolute Gasteiger partial charge is 0.385 e. The zero-order valence-corrected chi connectivity index (χ0v) is 22.9. The van der Waals surface area contributed by atoms with Crippen LogP contribution in [0.3, 0.4) is 0 Å². The Hall–Kier alpha value is -1.63. The Balaban J connectivity index is 1.59. The zero-order valence-electron chi connectivity index (χ0n) is 22.9. The van der Waals surface area contributed by atoms with Crippen LogP contribution >= 0.6 is 0 Å². The molecule has 2 N–H and O–H groups in total. The second-order valence-electron chi connectivity index (χ2n) is 10.8. The summed E-state index contributed by atoms with van der Waals surface area (Å²) in [7, 11) is 1.73. The van der Waals surface area contributed by atoms with E-state index in [4.69, 9.17) is 9.47 Å². The molecule has 1 aliphatic heterocycles. The maximum absolute atomic E-state index is 13.5. The third-order valence-electron chi connectivity index (χ3n) is 7.86. The van der Waals surface area contributed by atoms with E-state index in [1.54, 1.807) is 7.11 Å². The summed E-state index contributed by atoms with van der Waals surface area (Å²) in [6, 6.07) is 10.8. The number of carbonyl (C=O) groups is 1. The van der Waals surface area contributed by atoms with E-state index in [9.17, 15) is 4.79 Å². The first kappa shape index (κ1) is 28.9. The Kier molecular flexibility index (Phi) is 13.7. The van der Waals surface area contributed by atoms with Gasteiger partial charge in [-0.25, -0.2) is 4.79 Å². The van der Waals surface area contributed by atoms with Crippen molar-refractivity contribution in [3.8, 4) is 0 Å². The number of nitrogens with zero attached hydrogens (tertiary/aromatic N) is 1. The molecule has 36 heavy (non-hydrogen) atoms. The molecule has 0 radical (unpaired) electrons. The summed E-state index contributed by atoms with van der Waals surface area (Å²) < 4.78 is 11.6. The maximum atomic E-state index is 13.5. The van der Waals surface area contributed by atoms with Gasteiger partial charge in [0.1, 0.15) is 0 Å². The molecule has 204 valence electrons. The van der Waals surface area contributed by atoms with Crippen molar-refractivity contribution in [3.05, 3.63) is 35.9 Å². The van der Waals surface area contributed by atoms with Crippen molar-refractivity contribution in [2.24, 2.45) is 11.8 Å². The van der Waals surface area contributed by atoms with Gasteiger partial charge < -0.3 is 25.0 Å². The van der Waals surface area contributed by atoms with Crippen LogP contribution in [0.4, 0.5) is 4.79 Å². The molecule has 3 unspecified atom stereocenters. The molecule has 1 aromatic carbocycles. The quantitative estimate of drug-likeness (QED) is 0.292. The van der Waals surface area contributed by atoms with Crippen LogP contribution in [0, 0.1) is 11.8 Å². The van der Waals surface area contributed by atoms with Crippen molar-refractivity contribution in [2.45, 2.75) is 89.7 Å². The van der Waals surface area contributed by atoms with Gasteiger partial charge >= 0.3 is 6.03 Å². The number of unbranched alkanes of at least 4 members (excludes halogenated alkanes) is 1. The molecule has 1 saturated heterocycles. The fraction of sp³-hybridized carbons (Fsp3) is 0.767. The van der Waals surface area contributed by atoms with Crippen LogP contribution in [0.15, 0.2) is 30.3 Å². The number of methoxy groups -OCH3 is 1. The highest BCUT2D eigenvalue weighted by molar-refractivity contribution is 5.74. The first-order valence-corrected chi connectivity index (χ1v) is 14.6. The summed E-state index contributed by atoms with van der Waals surface area (Å²) in [5, 5.41) is 7.04. The Labute approximate surface area is 219 Å². The van der Waals surface area contributed by atoms with Gasteiger partial charge in [-0.1, -0.05) is 75.8 Å². The minimum atomic E-state index is 0.00685. The van der Waals surface area contributed by atoms with Crippen molar-refractivity contribution in [1.29, 1.82) is 0 Å². The van der Waals surface area contributed by atoms with Crippen LogP contribution in [-0.2, 0) is 9.47 Å². The molecule has 2 aliphatic rings. The molecular weight excluding hydrogens is 450 g/mol. The molecule has 1 aliphatic carbocycles. The number of hydrogen-bond donors (Lipinski definition) is 2. The van der Waals surface area contributed by atoms with Crippen LogP contribution in [0.5, 0.6) is 0 Å². The van der Waals surface area contributed by atoms with E-state index in [-0.39, 0.29) is 18.2 Å². The SMILES string of the molecule is CCCCNCC(CC1CCCCC1)NC(=O)N1CCCC(C(OCCCOC)c2ccccc2)C1. The lowest BCUT2D eigenvalue weighted by atomic mass is 9.84. The molecule has 3 atom stereocenters. The molecule has 0 aromatic heterocycles. The van der Waals surface area contributed by atoms with Gasteiger partial charge in [0, 0.05) is 51.9 Å². The lowest BCUT2D eigenvalue weighted by Crippen LogP contribution is -2.52. The van der Waals surface area contributed by atoms with Gasteiger partial charge in [0.05, 0.1) is 6.10 Å². The summed E-state index contributed by atoms with van der Waals surface area (Å²) >= 11 is 0. The molecule has 1 aromatic rings. The highest BCUT2D eigenvalue weighted by atomic mass is 16.5.